The Morgan fingerprint density at radius 2 is 2.23 bits per heavy atom. The van der Waals surface area contributed by atoms with E-state index in [4.69, 9.17) is 9.26 Å². The van der Waals surface area contributed by atoms with Gasteiger partial charge in [-0.05, 0) is 38.3 Å². The minimum atomic E-state index is -0.161. The highest BCUT2D eigenvalue weighted by molar-refractivity contribution is 5.94. The quantitative estimate of drug-likeness (QED) is 0.913. The van der Waals surface area contributed by atoms with E-state index in [1.165, 1.54) is 0 Å². The number of carbonyl (C=O) groups is 1. The minimum absolute atomic E-state index is 0.000533. The Morgan fingerprint density at radius 1 is 1.38 bits per heavy atom. The molecule has 3 heterocycles. The van der Waals surface area contributed by atoms with E-state index in [1.54, 1.807) is 0 Å². The molecule has 6 heteroatoms. The first-order valence-electron chi connectivity index (χ1n) is 9.26. The van der Waals surface area contributed by atoms with Crippen LogP contribution in [0.2, 0.25) is 0 Å². The zero-order chi connectivity index (χ0) is 18.0. The fourth-order valence-electron chi connectivity index (χ4n) is 4.08. The summed E-state index contributed by atoms with van der Waals surface area (Å²) < 4.78 is 11.3. The zero-order valence-electron chi connectivity index (χ0n) is 15.1. The van der Waals surface area contributed by atoms with E-state index in [9.17, 15) is 4.79 Å². The first-order valence-corrected chi connectivity index (χ1v) is 9.26. The molecule has 0 saturated carbocycles. The van der Waals surface area contributed by atoms with E-state index in [1.807, 2.05) is 43.3 Å². The lowest BCUT2D eigenvalue weighted by atomic mass is 9.89. The Morgan fingerprint density at radius 3 is 3.00 bits per heavy atom. The molecule has 2 saturated heterocycles. The molecular weight excluding hydrogens is 330 g/mol. The highest BCUT2D eigenvalue weighted by Crippen LogP contribution is 2.35. The van der Waals surface area contributed by atoms with Crippen LogP contribution in [0.15, 0.2) is 40.9 Å². The van der Waals surface area contributed by atoms with Gasteiger partial charge in [0.25, 0.3) is 5.91 Å². The molecular formula is C20H25N3O3. The lowest BCUT2D eigenvalue weighted by Gasteiger charge is -2.38. The van der Waals surface area contributed by atoms with Gasteiger partial charge in [0.05, 0.1) is 11.3 Å². The van der Waals surface area contributed by atoms with Crippen LogP contribution in [-0.2, 0) is 11.3 Å². The molecule has 6 nitrogen and oxygen atoms in total. The van der Waals surface area contributed by atoms with Gasteiger partial charge in [0.2, 0.25) is 0 Å². The topological polar surface area (TPSA) is 67.6 Å². The van der Waals surface area contributed by atoms with Crippen LogP contribution >= 0.6 is 0 Å². The summed E-state index contributed by atoms with van der Waals surface area (Å²) >= 11 is 0. The Hall–Kier alpha value is -2.18. The third-order valence-electron chi connectivity index (χ3n) is 5.32. The lowest BCUT2D eigenvalue weighted by Crippen LogP contribution is -2.49. The molecule has 2 atom stereocenters. The second-order valence-corrected chi connectivity index (χ2v) is 7.45. The predicted octanol–water partition coefficient (Wildman–Crippen LogP) is 2.54. The van der Waals surface area contributed by atoms with Gasteiger partial charge in [-0.3, -0.25) is 9.69 Å². The van der Waals surface area contributed by atoms with Gasteiger partial charge in [0, 0.05) is 43.9 Å². The highest BCUT2D eigenvalue weighted by Gasteiger charge is 2.43. The summed E-state index contributed by atoms with van der Waals surface area (Å²) in [4.78, 5) is 14.8. The zero-order valence-corrected chi connectivity index (χ0v) is 15.1. The van der Waals surface area contributed by atoms with Crippen LogP contribution in [0.3, 0.4) is 0 Å². The molecule has 2 fully saturated rings. The van der Waals surface area contributed by atoms with Crippen LogP contribution in [-0.4, -0.2) is 47.3 Å². The number of benzene rings is 1. The molecule has 2 aliphatic heterocycles. The number of nitrogens with one attached hydrogen (secondary N) is 1. The van der Waals surface area contributed by atoms with Crippen molar-refractivity contribution in [3.63, 3.8) is 0 Å². The fourth-order valence-corrected chi connectivity index (χ4v) is 4.08. The SMILES string of the molecule is Cc1cc(CN2CC[C@]3(C[C@@H](NC(=O)c4ccccc4)CCO3)C2)no1. The van der Waals surface area contributed by atoms with E-state index in [0.29, 0.717) is 12.2 Å². The van der Waals surface area contributed by atoms with Crippen LogP contribution < -0.4 is 5.32 Å². The van der Waals surface area contributed by atoms with Crippen molar-refractivity contribution in [2.45, 2.75) is 44.4 Å². The maximum atomic E-state index is 12.4. The molecule has 26 heavy (non-hydrogen) atoms. The van der Waals surface area contributed by atoms with Gasteiger partial charge in [0.15, 0.2) is 0 Å². The summed E-state index contributed by atoms with van der Waals surface area (Å²) in [5.41, 5.74) is 1.51. The predicted molar refractivity (Wildman–Crippen MR) is 96.7 cm³/mol. The van der Waals surface area contributed by atoms with Crippen molar-refractivity contribution in [2.75, 3.05) is 19.7 Å². The molecule has 0 bridgehead atoms. The number of hydrogen-bond donors (Lipinski definition) is 1. The fraction of sp³-hybridized carbons (Fsp3) is 0.500. The third-order valence-corrected chi connectivity index (χ3v) is 5.32. The maximum Gasteiger partial charge on any atom is 0.251 e. The Kier molecular flexibility index (Phi) is 4.78. The first kappa shape index (κ1) is 17.2. The van der Waals surface area contributed by atoms with E-state index < -0.39 is 0 Å². The molecule has 0 unspecified atom stereocenters. The molecule has 2 aliphatic rings. The number of amides is 1. The molecule has 4 rings (SSSR count). The van der Waals surface area contributed by atoms with Crippen molar-refractivity contribution in [2.24, 2.45) is 0 Å². The normalized spacial score (nSPS) is 26.3. The molecule has 2 aromatic rings. The average Bonchev–Trinajstić information content (AvgIpc) is 3.22. The summed E-state index contributed by atoms with van der Waals surface area (Å²) in [7, 11) is 0. The summed E-state index contributed by atoms with van der Waals surface area (Å²) in [6, 6.07) is 11.5. The van der Waals surface area contributed by atoms with E-state index >= 15 is 0 Å². The number of hydrogen-bond acceptors (Lipinski definition) is 5. The molecule has 138 valence electrons. The van der Waals surface area contributed by atoms with Gasteiger partial charge in [0.1, 0.15) is 5.76 Å². The second-order valence-electron chi connectivity index (χ2n) is 7.45. The third kappa shape index (κ3) is 3.81. The number of nitrogens with zero attached hydrogens (tertiary/aromatic N) is 2. The van der Waals surface area contributed by atoms with Crippen LogP contribution in [0.5, 0.6) is 0 Å². The minimum Gasteiger partial charge on any atom is -0.373 e. The van der Waals surface area contributed by atoms with Crippen LogP contribution in [0.25, 0.3) is 0 Å². The number of ether oxygens (including phenoxy) is 1. The summed E-state index contributed by atoms with van der Waals surface area (Å²) in [5.74, 6) is 0.840. The number of aromatic nitrogens is 1. The Labute approximate surface area is 153 Å². The van der Waals surface area contributed by atoms with Crippen molar-refractivity contribution >= 4 is 5.91 Å². The molecule has 1 aromatic heterocycles. The lowest BCUT2D eigenvalue weighted by molar-refractivity contribution is -0.0793. The van der Waals surface area contributed by atoms with Gasteiger partial charge in [-0.15, -0.1) is 0 Å². The van der Waals surface area contributed by atoms with E-state index in [-0.39, 0.29) is 17.6 Å². The van der Waals surface area contributed by atoms with Crippen molar-refractivity contribution in [1.82, 2.24) is 15.4 Å². The molecule has 1 amide bonds. The molecule has 1 N–H and O–H groups in total. The Bertz CT molecular complexity index is 761. The summed E-state index contributed by atoms with van der Waals surface area (Å²) in [6.45, 7) is 5.23. The standard InChI is InChI=1S/C20H25N3O3/c1-15-11-18(22-26-15)13-23-9-8-20(14-23)12-17(7-10-25-20)21-19(24)16-5-3-2-4-6-16/h2-6,11,17H,7-10,12-14H2,1H3,(H,21,24)/t17-,20-/m0/s1. The van der Waals surface area contributed by atoms with Crippen LogP contribution in [0.1, 0.15) is 41.1 Å². The van der Waals surface area contributed by atoms with Crippen molar-refractivity contribution in [1.29, 1.82) is 0 Å². The van der Waals surface area contributed by atoms with Crippen molar-refractivity contribution in [3.8, 4) is 0 Å². The van der Waals surface area contributed by atoms with Gasteiger partial charge in [-0.1, -0.05) is 23.4 Å². The van der Waals surface area contributed by atoms with Crippen LogP contribution in [0, 0.1) is 6.92 Å². The smallest absolute Gasteiger partial charge is 0.251 e. The van der Waals surface area contributed by atoms with Crippen LogP contribution in [0.4, 0.5) is 0 Å². The summed E-state index contributed by atoms with van der Waals surface area (Å²) in [5, 5.41) is 7.28. The Balaban J connectivity index is 1.35. The number of rotatable bonds is 4. The van der Waals surface area contributed by atoms with Crippen molar-refractivity contribution in [3.05, 3.63) is 53.4 Å². The number of aryl methyl sites for hydroxylation is 1. The molecule has 0 aliphatic carbocycles. The van der Waals surface area contributed by atoms with Crippen molar-refractivity contribution < 1.29 is 14.1 Å². The van der Waals surface area contributed by atoms with E-state index in [2.05, 4.69) is 15.4 Å². The van der Waals surface area contributed by atoms with E-state index in [0.717, 1.165) is 50.4 Å². The number of carbonyl (C=O) groups excluding carboxylic acids is 1. The van der Waals surface area contributed by atoms with Gasteiger partial charge >= 0.3 is 0 Å². The average molecular weight is 355 g/mol. The summed E-state index contributed by atoms with van der Waals surface area (Å²) in [6.07, 6.45) is 2.71. The maximum absolute atomic E-state index is 12.4. The first-order chi connectivity index (χ1) is 12.6. The number of likely N-dealkylation sites (tertiary alicyclic amines) is 1. The second kappa shape index (κ2) is 7.21. The monoisotopic (exact) mass is 355 g/mol. The largest absolute Gasteiger partial charge is 0.373 e. The molecule has 1 aromatic carbocycles. The van der Waals surface area contributed by atoms with Gasteiger partial charge in [-0.25, -0.2) is 0 Å². The molecule has 1 spiro atoms. The van der Waals surface area contributed by atoms with Gasteiger partial charge < -0.3 is 14.6 Å². The highest BCUT2D eigenvalue weighted by atomic mass is 16.5. The molecule has 0 radical (unpaired) electrons. The van der Waals surface area contributed by atoms with Gasteiger partial charge in [-0.2, -0.15) is 0 Å².